The summed E-state index contributed by atoms with van der Waals surface area (Å²) < 4.78 is 5.46. The van der Waals surface area contributed by atoms with Crippen LogP contribution in [0.2, 0.25) is 0 Å². The molecule has 27 heavy (non-hydrogen) atoms. The number of methoxy groups -OCH3 is 1. The number of benzene rings is 1. The van der Waals surface area contributed by atoms with Crippen molar-refractivity contribution in [2.45, 2.75) is 26.2 Å². The molecule has 1 fully saturated rings. The maximum Gasteiger partial charge on any atom is 0.274 e. The number of hydrogen-bond acceptors (Lipinski definition) is 5. The number of pyridine rings is 1. The zero-order chi connectivity index (χ0) is 18.8. The molecule has 1 aliphatic rings. The van der Waals surface area contributed by atoms with Crippen molar-refractivity contribution in [3.8, 4) is 17.0 Å². The Bertz CT molecular complexity index is 997. The van der Waals surface area contributed by atoms with Crippen LogP contribution in [0.1, 0.15) is 35.4 Å². The van der Waals surface area contributed by atoms with E-state index in [9.17, 15) is 4.79 Å². The van der Waals surface area contributed by atoms with Crippen molar-refractivity contribution < 1.29 is 9.53 Å². The molecular weight excluding hydrogens is 340 g/mol. The molecule has 2 aromatic heterocycles. The predicted molar refractivity (Wildman–Crippen MR) is 104 cm³/mol. The van der Waals surface area contributed by atoms with Crippen LogP contribution in [0, 0.1) is 6.92 Å². The van der Waals surface area contributed by atoms with Crippen LogP contribution in [0.25, 0.3) is 22.2 Å². The Hall–Kier alpha value is -3.02. The molecule has 0 unspecified atom stereocenters. The molecule has 6 nitrogen and oxygen atoms in total. The fraction of sp³-hybridized carbons (Fsp3) is 0.333. The highest BCUT2D eigenvalue weighted by atomic mass is 16.5. The van der Waals surface area contributed by atoms with Crippen LogP contribution < -0.4 is 4.74 Å². The lowest BCUT2D eigenvalue weighted by Crippen LogP contribution is -2.36. The van der Waals surface area contributed by atoms with E-state index in [1.54, 1.807) is 19.5 Å². The van der Waals surface area contributed by atoms with Gasteiger partial charge in [-0.2, -0.15) is 0 Å². The van der Waals surface area contributed by atoms with Gasteiger partial charge < -0.3 is 9.64 Å². The van der Waals surface area contributed by atoms with Gasteiger partial charge in [0.25, 0.3) is 5.91 Å². The van der Waals surface area contributed by atoms with Crippen LogP contribution in [0.3, 0.4) is 0 Å². The van der Waals surface area contributed by atoms with Gasteiger partial charge in [0, 0.05) is 29.7 Å². The second kappa shape index (κ2) is 7.31. The first-order chi connectivity index (χ1) is 13.2. The van der Waals surface area contributed by atoms with Gasteiger partial charge in [-0.3, -0.25) is 9.78 Å². The fourth-order valence-electron chi connectivity index (χ4n) is 3.54. The van der Waals surface area contributed by atoms with E-state index in [1.165, 1.54) is 6.42 Å². The van der Waals surface area contributed by atoms with Gasteiger partial charge in [0.05, 0.1) is 25.2 Å². The number of ether oxygens (including phenoxy) is 1. The Morgan fingerprint density at radius 1 is 1.04 bits per heavy atom. The highest BCUT2D eigenvalue weighted by molar-refractivity contribution is 5.98. The summed E-state index contributed by atoms with van der Waals surface area (Å²) >= 11 is 0. The average molecular weight is 362 g/mol. The SMILES string of the molecule is COc1ccc(-c2cncc(C(=O)N3CCCCC3)n2)c2ccc(C)nc12. The summed E-state index contributed by atoms with van der Waals surface area (Å²) in [5.41, 5.74) is 3.64. The quantitative estimate of drug-likeness (QED) is 0.712. The van der Waals surface area contributed by atoms with Crippen LogP contribution in [-0.2, 0) is 0 Å². The molecule has 6 heteroatoms. The number of likely N-dealkylation sites (tertiary alicyclic amines) is 1. The lowest BCUT2D eigenvalue weighted by atomic mass is 10.0. The lowest BCUT2D eigenvalue weighted by molar-refractivity contribution is 0.0718. The number of hydrogen-bond donors (Lipinski definition) is 0. The minimum absolute atomic E-state index is 0.0455. The first kappa shape index (κ1) is 17.4. The number of rotatable bonds is 3. The van der Waals surface area contributed by atoms with E-state index < -0.39 is 0 Å². The molecule has 4 rings (SSSR count). The van der Waals surface area contributed by atoms with Crippen molar-refractivity contribution in [3.05, 3.63) is 48.0 Å². The Kier molecular flexibility index (Phi) is 4.71. The molecule has 1 saturated heterocycles. The normalized spacial score (nSPS) is 14.4. The number of fused-ring (bicyclic) bond motifs is 1. The van der Waals surface area contributed by atoms with E-state index in [1.807, 2.05) is 36.1 Å². The van der Waals surface area contributed by atoms with E-state index in [-0.39, 0.29) is 5.91 Å². The maximum atomic E-state index is 12.8. The van der Waals surface area contributed by atoms with Gasteiger partial charge in [-0.25, -0.2) is 9.97 Å². The molecule has 0 saturated carbocycles. The zero-order valence-electron chi connectivity index (χ0n) is 15.6. The van der Waals surface area contributed by atoms with Crippen LogP contribution in [-0.4, -0.2) is 46.0 Å². The minimum atomic E-state index is -0.0455. The second-order valence-electron chi connectivity index (χ2n) is 6.81. The Morgan fingerprint density at radius 2 is 1.85 bits per heavy atom. The topological polar surface area (TPSA) is 68.2 Å². The highest BCUT2D eigenvalue weighted by Gasteiger charge is 2.20. The summed E-state index contributed by atoms with van der Waals surface area (Å²) in [6, 6.07) is 7.79. The van der Waals surface area contributed by atoms with Crippen molar-refractivity contribution in [1.82, 2.24) is 19.9 Å². The summed E-state index contributed by atoms with van der Waals surface area (Å²) in [5, 5.41) is 0.928. The third-order valence-corrected chi connectivity index (χ3v) is 4.95. The van der Waals surface area contributed by atoms with Gasteiger partial charge in [0.2, 0.25) is 0 Å². The Labute approximate surface area is 158 Å². The molecular formula is C21H22N4O2. The summed E-state index contributed by atoms with van der Waals surface area (Å²) in [5.74, 6) is 0.668. The molecule has 1 aliphatic heterocycles. The largest absolute Gasteiger partial charge is 0.494 e. The molecule has 0 radical (unpaired) electrons. The van der Waals surface area contributed by atoms with Crippen molar-refractivity contribution in [3.63, 3.8) is 0 Å². The van der Waals surface area contributed by atoms with Crippen LogP contribution in [0.4, 0.5) is 0 Å². The minimum Gasteiger partial charge on any atom is -0.494 e. The highest BCUT2D eigenvalue weighted by Crippen LogP contribution is 2.32. The molecule has 3 heterocycles. The standard InChI is InChI=1S/C21H22N4O2/c1-14-6-7-16-15(8-9-19(27-2)20(16)23-14)17-12-22-13-18(24-17)21(26)25-10-4-3-5-11-25/h6-9,12-13H,3-5,10-11H2,1-2H3. The summed E-state index contributed by atoms with van der Waals surface area (Å²) in [7, 11) is 1.64. The number of nitrogens with zero attached hydrogens (tertiary/aromatic N) is 4. The molecule has 0 spiro atoms. The summed E-state index contributed by atoms with van der Waals surface area (Å²) in [4.78, 5) is 28.2. The van der Waals surface area contributed by atoms with Gasteiger partial charge in [-0.15, -0.1) is 0 Å². The smallest absolute Gasteiger partial charge is 0.274 e. The van der Waals surface area contributed by atoms with Gasteiger partial charge in [0.15, 0.2) is 0 Å². The van der Waals surface area contributed by atoms with Crippen LogP contribution >= 0.6 is 0 Å². The van der Waals surface area contributed by atoms with E-state index in [4.69, 9.17) is 4.74 Å². The first-order valence-electron chi connectivity index (χ1n) is 9.23. The third-order valence-electron chi connectivity index (χ3n) is 4.95. The van der Waals surface area contributed by atoms with Crippen molar-refractivity contribution in [2.75, 3.05) is 20.2 Å². The third kappa shape index (κ3) is 3.35. The van der Waals surface area contributed by atoms with Crippen molar-refractivity contribution in [2.24, 2.45) is 0 Å². The monoisotopic (exact) mass is 362 g/mol. The molecule has 1 amide bonds. The van der Waals surface area contributed by atoms with E-state index in [2.05, 4.69) is 15.0 Å². The lowest BCUT2D eigenvalue weighted by Gasteiger charge is -2.26. The molecule has 0 bridgehead atoms. The average Bonchev–Trinajstić information content (AvgIpc) is 2.73. The zero-order valence-corrected chi connectivity index (χ0v) is 15.6. The molecule has 3 aromatic rings. The van der Waals surface area contributed by atoms with Crippen LogP contribution in [0.15, 0.2) is 36.7 Å². The molecule has 1 aromatic carbocycles. The fourth-order valence-corrected chi connectivity index (χ4v) is 3.54. The number of carbonyl (C=O) groups excluding carboxylic acids is 1. The number of aryl methyl sites for hydroxylation is 1. The van der Waals surface area contributed by atoms with E-state index in [0.29, 0.717) is 17.1 Å². The van der Waals surface area contributed by atoms with E-state index >= 15 is 0 Å². The van der Waals surface area contributed by atoms with Crippen molar-refractivity contribution >= 4 is 16.8 Å². The summed E-state index contributed by atoms with van der Waals surface area (Å²) in [6.07, 6.45) is 6.52. The Morgan fingerprint density at radius 3 is 2.63 bits per heavy atom. The van der Waals surface area contributed by atoms with Crippen LogP contribution in [0.5, 0.6) is 5.75 Å². The van der Waals surface area contributed by atoms with Gasteiger partial charge in [0.1, 0.15) is 17.0 Å². The molecule has 0 N–H and O–H groups in total. The van der Waals surface area contributed by atoms with Gasteiger partial charge >= 0.3 is 0 Å². The number of aromatic nitrogens is 3. The predicted octanol–water partition coefficient (Wildman–Crippen LogP) is 3.63. The molecule has 0 aliphatic carbocycles. The number of piperidine rings is 1. The first-order valence-corrected chi connectivity index (χ1v) is 9.23. The Balaban J connectivity index is 1.77. The van der Waals surface area contributed by atoms with E-state index in [0.717, 1.165) is 48.1 Å². The second-order valence-corrected chi connectivity index (χ2v) is 6.81. The molecule has 0 atom stereocenters. The number of carbonyl (C=O) groups is 1. The number of amides is 1. The van der Waals surface area contributed by atoms with Gasteiger partial charge in [-0.05, 0) is 44.4 Å². The molecule has 138 valence electrons. The van der Waals surface area contributed by atoms with Gasteiger partial charge in [-0.1, -0.05) is 6.07 Å². The van der Waals surface area contributed by atoms with Crippen molar-refractivity contribution in [1.29, 1.82) is 0 Å². The summed E-state index contributed by atoms with van der Waals surface area (Å²) in [6.45, 7) is 3.53. The maximum absolute atomic E-state index is 12.8.